The predicted molar refractivity (Wildman–Crippen MR) is 104 cm³/mol. The number of aliphatic imine (C=N–C) groups is 1. The first-order valence-corrected chi connectivity index (χ1v) is 10.0. The average Bonchev–Trinajstić information content (AvgIpc) is 3.46. The van der Waals surface area contributed by atoms with Gasteiger partial charge in [-0.1, -0.05) is 18.9 Å². The van der Waals surface area contributed by atoms with Crippen molar-refractivity contribution in [3.8, 4) is 0 Å². The average molecular weight is 344 g/mol. The van der Waals surface area contributed by atoms with Gasteiger partial charge in [-0.3, -0.25) is 14.9 Å². The van der Waals surface area contributed by atoms with Crippen molar-refractivity contribution in [3.63, 3.8) is 0 Å². The minimum atomic E-state index is 0.529. The van der Waals surface area contributed by atoms with E-state index in [1.54, 1.807) is 0 Å². The van der Waals surface area contributed by atoms with Crippen LogP contribution in [0.4, 0.5) is 0 Å². The third-order valence-corrected chi connectivity index (χ3v) is 5.12. The van der Waals surface area contributed by atoms with Gasteiger partial charge in [0.2, 0.25) is 0 Å². The number of nitrogens with one attached hydrogen (secondary N) is 2. The van der Waals surface area contributed by atoms with Crippen molar-refractivity contribution in [2.24, 2.45) is 10.9 Å². The van der Waals surface area contributed by atoms with E-state index in [1.807, 2.05) is 12.3 Å². The van der Waals surface area contributed by atoms with Crippen LogP contribution in [0, 0.1) is 5.92 Å². The molecule has 5 nitrogen and oxygen atoms in total. The summed E-state index contributed by atoms with van der Waals surface area (Å²) < 4.78 is 0. The Bertz CT molecular complexity index is 518. The molecule has 0 radical (unpaired) electrons. The van der Waals surface area contributed by atoms with Gasteiger partial charge in [-0.15, -0.1) is 0 Å². The Morgan fingerprint density at radius 2 is 2.08 bits per heavy atom. The lowest BCUT2D eigenvalue weighted by Crippen LogP contribution is -2.48. The Morgan fingerprint density at radius 1 is 1.24 bits per heavy atom. The first kappa shape index (κ1) is 18.2. The van der Waals surface area contributed by atoms with Crippen LogP contribution in [0.5, 0.6) is 0 Å². The highest BCUT2D eigenvalue weighted by Gasteiger charge is 2.21. The Labute approximate surface area is 152 Å². The fraction of sp³-hybridized carbons (Fsp3) is 0.700. The molecule has 0 atom stereocenters. The molecule has 0 spiro atoms. The lowest BCUT2D eigenvalue weighted by atomic mass is 10.0. The molecule has 0 aromatic carbocycles. The second-order valence-electron chi connectivity index (χ2n) is 7.36. The monoisotopic (exact) mass is 343 g/mol. The smallest absolute Gasteiger partial charge is 0.191 e. The number of hydrogen-bond donors (Lipinski definition) is 2. The van der Waals surface area contributed by atoms with Crippen LogP contribution in [0.25, 0.3) is 0 Å². The summed E-state index contributed by atoms with van der Waals surface area (Å²) in [5.74, 6) is 2.01. The molecule has 3 rings (SSSR count). The predicted octanol–water partition coefficient (Wildman–Crippen LogP) is 2.79. The van der Waals surface area contributed by atoms with Crippen LogP contribution in [0.1, 0.15) is 51.1 Å². The van der Waals surface area contributed by atoms with Crippen molar-refractivity contribution >= 4 is 5.96 Å². The molecule has 1 aromatic rings. The van der Waals surface area contributed by atoms with Gasteiger partial charge in [-0.2, -0.15) is 0 Å². The lowest BCUT2D eigenvalue weighted by molar-refractivity contribution is 0.196. The Kier molecular flexibility index (Phi) is 7.10. The summed E-state index contributed by atoms with van der Waals surface area (Å²) in [6.07, 6.45) is 9.68. The van der Waals surface area contributed by atoms with E-state index in [2.05, 4.69) is 39.6 Å². The van der Waals surface area contributed by atoms with E-state index in [9.17, 15) is 0 Å². The number of likely N-dealkylation sites (tertiary alicyclic amines) is 1. The molecule has 1 saturated heterocycles. The van der Waals surface area contributed by atoms with Crippen molar-refractivity contribution < 1.29 is 0 Å². The molecule has 0 bridgehead atoms. The first-order chi connectivity index (χ1) is 12.3. The standard InChI is InChI=1S/C20H33N5/c1-2-21-20(23-13-5-6-17-8-9-17)24-18-10-14-25(15-11-18)16-19-7-3-4-12-22-19/h3-4,7,12,17-18H,2,5-6,8-11,13-16H2,1H3,(H2,21,23,24). The molecule has 1 aromatic heterocycles. The van der Waals surface area contributed by atoms with Gasteiger partial charge in [0, 0.05) is 45.0 Å². The Balaban J connectivity index is 1.38. The summed E-state index contributed by atoms with van der Waals surface area (Å²) in [7, 11) is 0. The summed E-state index contributed by atoms with van der Waals surface area (Å²) in [5, 5.41) is 7.04. The van der Waals surface area contributed by atoms with Gasteiger partial charge in [0.25, 0.3) is 0 Å². The van der Waals surface area contributed by atoms with Crippen LogP contribution in [0.15, 0.2) is 29.4 Å². The van der Waals surface area contributed by atoms with Gasteiger partial charge in [-0.25, -0.2) is 0 Å². The second kappa shape index (κ2) is 9.76. The van der Waals surface area contributed by atoms with Crippen LogP contribution in [-0.4, -0.2) is 48.1 Å². The molecule has 2 fully saturated rings. The highest BCUT2D eigenvalue weighted by atomic mass is 15.2. The molecule has 0 amide bonds. The number of guanidine groups is 1. The molecule has 1 aliphatic carbocycles. The topological polar surface area (TPSA) is 52.6 Å². The largest absolute Gasteiger partial charge is 0.357 e. The van der Waals surface area contributed by atoms with Crippen LogP contribution in [0.3, 0.4) is 0 Å². The highest BCUT2D eigenvalue weighted by Crippen LogP contribution is 2.33. The molecule has 1 saturated carbocycles. The summed E-state index contributed by atoms with van der Waals surface area (Å²) >= 11 is 0. The zero-order valence-electron chi connectivity index (χ0n) is 15.6. The maximum absolute atomic E-state index is 4.76. The number of pyridine rings is 1. The van der Waals surface area contributed by atoms with E-state index in [1.165, 1.54) is 44.2 Å². The SMILES string of the molecule is CCNC(=NCCCC1CC1)NC1CCN(Cc2ccccn2)CC1. The van der Waals surface area contributed by atoms with E-state index < -0.39 is 0 Å². The van der Waals surface area contributed by atoms with E-state index in [0.717, 1.165) is 44.6 Å². The van der Waals surface area contributed by atoms with Gasteiger partial charge in [0.15, 0.2) is 5.96 Å². The molecule has 2 N–H and O–H groups in total. The molecule has 0 unspecified atom stereocenters. The molecule has 2 aliphatic rings. The van der Waals surface area contributed by atoms with Crippen molar-refractivity contribution in [2.75, 3.05) is 26.2 Å². The Morgan fingerprint density at radius 3 is 2.76 bits per heavy atom. The summed E-state index contributed by atoms with van der Waals surface area (Å²) in [5.41, 5.74) is 1.17. The van der Waals surface area contributed by atoms with Crippen molar-refractivity contribution in [3.05, 3.63) is 30.1 Å². The number of aromatic nitrogens is 1. The van der Waals surface area contributed by atoms with E-state index in [-0.39, 0.29) is 0 Å². The number of piperidine rings is 1. The van der Waals surface area contributed by atoms with Crippen LogP contribution >= 0.6 is 0 Å². The molecule has 1 aliphatic heterocycles. The molecular weight excluding hydrogens is 310 g/mol. The third-order valence-electron chi connectivity index (χ3n) is 5.12. The van der Waals surface area contributed by atoms with Crippen LogP contribution < -0.4 is 10.6 Å². The fourth-order valence-electron chi connectivity index (χ4n) is 3.45. The summed E-state index contributed by atoms with van der Waals surface area (Å²) in [6, 6.07) is 6.69. The van der Waals surface area contributed by atoms with Gasteiger partial charge in [0.1, 0.15) is 0 Å². The van der Waals surface area contributed by atoms with E-state index in [0.29, 0.717) is 6.04 Å². The number of hydrogen-bond acceptors (Lipinski definition) is 3. The summed E-state index contributed by atoms with van der Waals surface area (Å²) in [4.78, 5) is 11.7. The summed E-state index contributed by atoms with van der Waals surface area (Å²) in [6.45, 7) is 7.21. The lowest BCUT2D eigenvalue weighted by Gasteiger charge is -2.32. The maximum atomic E-state index is 4.76. The number of nitrogens with zero attached hydrogens (tertiary/aromatic N) is 3. The van der Waals surface area contributed by atoms with Gasteiger partial charge in [0.05, 0.1) is 5.69 Å². The highest BCUT2D eigenvalue weighted by molar-refractivity contribution is 5.80. The zero-order chi connectivity index (χ0) is 17.3. The zero-order valence-corrected chi connectivity index (χ0v) is 15.6. The molecule has 5 heteroatoms. The van der Waals surface area contributed by atoms with Crippen molar-refractivity contribution in [1.29, 1.82) is 0 Å². The van der Waals surface area contributed by atoms with Crippen LogP contribution in [-0.2, 0) is 6.54 Å². The molecule has 25 heavy (non-hydrogen) atoms. The van der Waals surface area contributed by atoms with Gasteiger partial charge >= 0.3 is 0 Å². The Hall–Kier alpha value is -1.62. The van der Waals surface area contributed by atoms with E-state index in [4.69, 9.17) is 4.99 Å². The van der Waals surface area contributed by atoms with Crippen LogP contribution in [0.2, 0.25) is 0 Å². The van der Waals surface area contributed by atoms with Crippen molar-refractivity contribution in [2.45, 2.75) is 58.0 Å². The minimum absolute atomic E-state index is 0.529. The third kappa shape index (κ3) is 6.65. The second-order valence-corrected chi connectivity index (χ2v) is 7.36. The van der Waals surface area contributed by atoms with Gasteiger partial charge in [-0.05, 0) is 50.7 Å². The maximum Gasteiger partial charge on any atom is 0.191 e. The molecular formula is C20H33N5. The van der Waals surface area contributed by atoms with E-state index >= 15 is 0 Å². The number of rotatable bonds is 8. The normalized spacial score (nSPS) is 19.8. The van der Waals surface area contributed by atoms with Crippen molar-refractivity contribution in [1.82, 2.24) is 20.5 Å². The fourth-order valence-corrected chi connectivity index (χ4v) is 3.45. The van der Waals surface area contributed by atoms with Gasteiger partial charge < -0.3 is 10.6 Å². The first-order valence-electron chi connectivity index (χ1n) is 10.0. The quantitative estimate of drug-likeness (QED) is 0.433. The molecule has 2 heterocycles. The molecule has 138 valence electrons. The minimum Gasteiger partial charge on any atom is -0.357 e.